The topological polar surface area (TPSA) is 79.9 Å². The Bertz CT molecular complexity index is 955. The standard InChI is InChI=1S/C21H23N3O4S2/c1-13-17(20(26)28-11-10-27-3)18(23-21(29)24(13)2)14-6-8-15(9-7-14)22-19(25)16-5-4-12-30-16/h4-9,12,18H,10-11H2,1-3H3,(H,22,25)(H,23,29). The predicted molar refractivity (Wildman–Crippen MR) is 120 cm³/mol. The van der Waals surface area contributed by atoms with E-state index in [9.17, 15) is 9.59 Å². The Morgan fingerprint density at radius 2 is 1.97 bits per heavy atom. The maximum absolute atomic E-state index is 12.8. The van der Waals surface area contributed by atoms with Gasteiger partial charge in [-0.15, -0.1) is 11.3 Å². The quantitative estimate of drug-likeness (QED) is 0.384. The monoisotopic (exact) mass is 445 g/mol. The third kappa shape index (κ3) is 4.86. The van der Waals surface area contributed by atoms with Gasteiger partial charge in [0.05, 0.1) is 23.1 Å². The average Bonchev–Trinajstić information content (AvgIpc) is 3.27. The molecule has 1 amide bonds. The fourth-order valence-electron chi connectivity index (χ4n) is 3.00. The molecular weight excluding hydrogens is 422 g/mol. The molecule has 2 aromatic rings. The summed E-state index contributed by atoms with van der Waals surface area (Å²) in [6, 6.07) is 10.5. The van der Waals surface area contributed by atoms with Gasteiger partial charge < -0.3 is 25.0 Å². The van der Waals surface area contributed by atoms with Gasteiger partial charge >= 0.3 is 5.97 Å². The molecule has 2 N–H and O–H groups in total. The van der Waals surface area contributed by atoms with Crippen LogP contribution in [0.2, 0.25) is 0 Å². The molecule has 3 rings (SSSR count). The van der Waals surface area contributed by atoms with Gasteiger partial charge in [0.15, 0.2) is 5.11 Å². The van der Waals surface area contributed by atoms with Gasteiger partial charge in [-0.25, -0.2) is 4.79 Å². The summed E-state index contributed by atoms with van der Waals surface area (Å²) in [5.74, 6) is -0.582. The Labute approximate surface area is 184 Å². The normalized spacial score (nSPS) is 16.3. The van der Waals surface area contributed by atoms with Crippen molar-refractivity contribution in [3.63, 3.8) is 0 Å². The van der Waals surface area contributed by atoms with Crippen LogP contribution >= 0.6 is 23.6 Å². The number of amides is 1. The number of nitrogens with zero attached hydrogens (tertiary/aromatic N) is 1. The minimum atomic E-state index is -0.453. The Hall–Kier alpha value is -2.75. The molecule has 7 nitrogen and oxygen atoms in total. The molecule has 0 saturated heterocycles. The second kappa shape index (κ2) is 9.84. The molecule has 158 valence electrons. The molecule has 1 unspecified atom stereocenters. The highest BCUT2D eigenvalue weighted by Crippen LogP contribution is 2.31. The summed E-state index contributed by atoms with van der Waals surface area (Å²) in [6.07, 6.45) is 0. The van der Waals surface area contributed by atoms with Crippen molar-refractivity contribution in [3.8, 4) is 0 Å². The van der Waals surface area contributed by atoms with Crippen molar-refractivity contribution in [1.82, 2.24) is 10.2 Å². The number of hydrogen-bond acceptors (Lipinski definition) is 6. The van der Waals surface area contributed by atoms with E-state index in [1.165, 1.54) is 11.3 Å². The number of ether oxygens (including phenoxy) is 2. The highest BCUT2D eigenvalue weighted by molar-refractivity contribution is 7.80. The van der Waals surface area contributed by atoms with E-state index in [0.717, 1.165) is 11.3 Å². The van der Waals surface area contributed by atoms with Gasteiger partial charge in [-0.1, -0.05) is 18.2 Å². The SMILES string of the molecule is COCCOC(=O)C1=C(C)N(C)C(=S)NC1c1ccc(NC(=O)c2cccs2)cc1. The number of carbonyl (C=O) groups excluding carboxylic acids is 2. The average molecular weight is 446 g/mol. The van der Waals surface area contributed by atoms with Crippen molar-refractivity contribution in [3.05, 3.63) is 63.5 Å². The Kier molecular flexibility index (Phi) is 7.20. The molecule has 1 aliphatic rings. The minimum Gasteiger partial charge on any atom is -0.460 e. The van der Waals surface area contributed by atoms with Crippen LogP contribution in [-0.4, -0.2) is 49.3 Å². The van der Waals surface area contributed by atoms with Crippen molar-refractivity contribution in [1.29, 1.82) is 0 Å². The molecule has 30 heavy (non-hydrogen) atoms. The molecule has 1 atom stereocenters. The first-order chi connectivity index (χ1) is 14.4. The Balaban J connectivity index is 1.81. The molecule has 1 aromatic heterocycles. The Morgan fingerprint density at radius 1 is 1.23 bits per heavy atom. The zero-order valence-electron chi connectivity index (χ0n) is 16.9. The van der Waals surface area contributed by atoms with Gasteiger partial charge in [0, 0.05) is 25.5 Å². The summed E-state index contributed by atoms with van der Waals surface area (Å²) in [5.41, 5.74) is 2.70. The molecule has 1 aromatic carbocycles. The molecule has 1 aliphatic heterocycles. The predicted octanol–water partition coefficient (Wildman–Crippen LogP) is 3.33. The van der Waals surface area contributed by atoms with E-state index in [1.807, 2.05) is 30.5 Å². The maximum atomic E-state index is 12.8. The van der Waals surface area contributed by atoms with Crippen LogP contribution < -0.4 is 10.6 Å². The van der Waals surface area contributed by atoms with Gasteiger partial charge in [0.1, 0.15) is 6.61 Å². The third-order valence-corrected chi connectivity index (χ3v) is 6.00. The van der Waals surface area contributed by atoms with Crippen LogP contribution in [0.15, 0.2) is 53.0 Å². The summed E-state index contributed by atoms with van der Waals surface area (Å²) < 4.78 is 10.3. The lowest BCUT2D eigenvalue weighted by Gasteiger charge is -2.35. The lowest BCUT2D eigenvalue weighted by Crippen LogP contribution is -2.46. The van der Waals surface area contributed by atoms with E-state index < -0.39 is 12.0 Å². The van der Waals surface area contributed by atoms with Crippen LogP contribution in [0.5, 0.6) is 0 Å². The first-order valence-electron chi connectivity index (χ1n) is 9.28. The van der Waals surface area contributed by atoms with Crippen LogP contribution in [0.1, 0.15) is 28.2 Å². The number of hydrogen-bond donors (Lipinski definition) is 2. The van der Waals surface area contributed by atoms with Crippen molar-refractivity contribution in [2.75, 3.05) is 32.7 Å². The van der Waals surface area contributed by atoms with Crippen LogP contribution in [0, 0.1) is 0 Å². The summed E-state index contributed by atoms with van der Waals surface area (Å²) in [7, 11) is 3.35. The fraction of sp³-hybridized carbons (Fsp3) is 0.286. The Morgan fingerprint density at radius 3 is 2.60 bits per heavy atom. The summed E-state index contributed by atoms with van der Waals surface area (Å²) in [4.78, 5) is 27.4. The molecule has 0 radical (unpaired) electrons. The van der Waals surface area contributed by atoms with Gasteiger partial charge in [0.25, 0.3) is 5.91 Å². The van der Waals surface area contributed by atoms with E-state index in [2.05, 4.69) is 10.6 Å². The zero-order chi connectivity index (χ0) is 21.7. The summed E-state index contributed by atoms with van der Waals surface area (Å²) in [5, 5.41) is 8.44. The smallest absolute Gasteiger partial charge is 0.338 e. The van der Waals surface area contributed by atoms with Gasteiger partial charge in [-0.3, -0.25) is 4.79 Å². The van der Waals surface area contributed by atoms with Crippen LogP contribution in [0.3, 0.4) is 0 Å². The number of nitrogens with one attached hydrogen (secondary N) is 2. The molecular formula is C21H23N3O4S2. The fourth-order valence-corrected chi connectivity index (χ4v) is 3.88. The molecule has 0 fully saturated rings. The molecule has 0 bridgehead atoms. The molecule has 9 heteroatoms. The number of thiocarbonyl (C=S) groups is 1. The van der Waals surface area contributed by atoms with Crippen LogP contribution in [-0.2, 0) is 14.3 Å². The largest absolute Gasteiger partial charge is 0.460 e. The minimum absolute atomic E-state index is 0.158. The lowest BCUT2D eigenvalue weighted by molar-refractivity contribution is -0.140. The maximum Gasteiger partial charge on any atom is 0.338 e. The number of rotatable bonds is 7. The number of carbonyl (C=O) groups is 2. The molecule has 0 saturated carbocycles. The number of anilines is 1. The number of benzene rings is 1. The second-order valence-electron chi connectivity index (χ2n) is 6.62. The van der Waals surface area contributed by atoms with Crippen molar-refractivity contribution in [2.45, 2.75) is 13.0 Å². The number of methoxy groups -OCH3 is 1. The number of thiophene rings is 1. The molecule has 0 spiro atoms. The van der Waals surface area contributed by atoms with Gasteiger partial charge in [-0.05, 0) is 48.3 Å². The van der Waals surface area contributed by atoms with Crippen molar-refractivity contribution < 1.29 is 19.1 Å². The van der Waals surface area contributed by atoms with Crippen LogP contribution in [0.25, 0.3) is 0 Å². The second-order valence-corrected chi connectivity index (χ2v) is 7.96. The first-order valence-corrected chi connectivity index (χ1v) is 10.6. The summed E-state index contributed by atoms with van der Waals surface area (Å²) in [6.45, 7) is 2.33. The van der Waals surface area contributed by atoms with E-state index in [-0.39, 0.29) is 12.5 Å². The third-order valence-electron chi connectivity index (χ3n) is 4.74. The lowest BCUT2D eigenvalue weighted by atomic mass is 9.95. The highest BCUT2D eigenvalue weighted by atomic mass is 32.1. The van der Waals surface area contributed by atoms with Gasteiger partial charge in [-0.2, -0.15) is 0 Å². The first kappa shape index (κ1) is 21.9. The van der Waals surface area contributed by atoms with E-state index in [0.29, 0.717) is 27.9 Å². The summed E-state index contributed by atoms with van der Waals surface area (Å²) >= 11 is 6.79. The number of esters is 1. The van der Waals surface area contributed by atoms with Crippen LogP contribution in [0.4, 0.5) is 5.69 Å². The number of allylic oxidation sites excluding steroid dienone is 1. The molecule has 0 aliphatic carbocycles. The molecule has 2 heterocycles. The van der Waals surface area contributed by atoms with E-state index >= 15 is 0 Å². The highest BCUT2D eigenvalue weighted by Gasteiger charge is 2.33. The van der Waals surface area contributed by atoms with E-state index in [4.69, 9.17) is 21.7 Å². The van der Waals surface area contributed by atoms with Crippen molar-refractivity contribution in [2.24, 2.45) is 0 Å². The zero-order valence-corrected chi connectivity index (χ0v) is 18.6. The van der Waals surface area contributed by atoms with Gasteiger partial charge in [0.2, 0.25) is 0 Å². The van der Waals surface area contributed by atoms with E-state index in [1.54, 1.807) is 37.3 Å². The van der Waals surface area contributed by atoms with Crippen molar-refractivity contribution >= 4 is 46.2 Å².